The zero-order valence-corrected chi connectivity index (χ0v) is 13.0. The molecule has 2 unspecified atom stereocenters. The average Bonchev–Trinajstić information content (AvgIpc) is 2.90. The van der Waals surface area contributed by atoms with Gasteiger partial charge in [-0.15, -0.1) is 0 Å². The van der Waals surface area contributed by atoms with Gasteiger partial charge >= 0.3 is 0 Å². The van der Waals surface area contributed by atoms with E-state index in [1.165, 1.54) is 38.8 Å². The van der Waals surface area contributed by atoms with Gasteiger partial charge in [0.15, 0.2) is 0 Å². The van der Waals surface area contributed by atoms with E-state index >= 15 is 0 Å². The molecule has 1 saturated carbocycles. The lowest BCUT2D eigenvalue weighted by Gasteiger charge is -2.34. The molecule has 2 fully saturated rings. The van der Waals surface area contributed by atoms with Crippen molar-refractivity contribution >= 4 is 0 Å². The summed E-state index contributed by atoms with van der Waals surface area (Å²) in [6, 6.07) is 2.54. The molecule has 0 aromatic heterocycles. The van der Waals surface area contributed by atoms with Gasteiger partial charge in [-0.3, -0.25) is 0 Å². The summed E-state index contributed by atoms with van der Waals surface area (Å²) in [5.41, 5.74) is -0.256. The zero-order valence-electron chi connectivity index (χ0n) is 13.0. The molecule has 4 heteroatoms. The van der Waals surface area contributed by atoms with E-state index in [2.05, 4.69) is 16.3 Å². The maximum atomic E-state index is 9.48. The number of likely N-dealkylation sites (tertiary alicyclic amines) is 1. The van der Waals surface area contributed by atoms with Crippen LogP contribution in [0.1, 0.15) is 38.5 Å². The van der Waals surface area contributed by atoms with E-state index in [9.17, 15) is 5.26 Å². The fourth-order valence-electron chi connectivity index (χ4n) is 3.95. The summed E-state index contributed by atoms with van der Waals surface area (Å²) in [5.74, 6) is 1.27. The normalized spacial score (nSPS) is 32.4. The van der Waals surface area contributed by atoms with Gasteiger partial charge in [0, 0.05) is 13.7 Å². The van der Waals surface area contributed by atoms with Gasteiger partial charge in [0.25, 0.3) is 0 Å². The smallest absolute Gasteiger partial charge is 0.109 e. The molecule has 0 amide bonds. The largest absolute Gasteiger partial charge is 0.384 e. The van der Waals surface area contributed by atoms with Crippen LogP contribution in [0.25, 0.3) is 0 Å². The van der Waals surface area contributed by atoms with Crippen molar-refractivity contribution in [3.63, 3.8) is 0 Å². The summed E-state index contributed by atoms with van der Waals surface area (Å²) in [6.07, 6.45) is 7.08. The minimum atomic E-state index is -0.256. The third-order valence-corrected chi connectivity index (χ3v) is 5.37. The number of nitriles is 1. The van der Waals surface area contributed by atoms with Crippen molar-refractivity contribution in [1.82, 2.24) is 10.2 Å². The summed E-state index contributed by atoms with van der Waals surface area (Å²) < 4.78 is 5.25. The van der Waals surface area contributed by atoms with Crippen LogP contribution in [0.4, 0.5) is 0 Å². The first kappa shape index (κ1) is 15.8. The molecule has 20 heavy (non-hydrogen) atoms. The molecule has 0 spiro atoms. The number of piperidine rings is 1. The molecule has 1 N–H and O–H groups in total. The number of nitrogens with one attached hydrogen (secondary N) is 1. The Morgan fingerprint density at radius 1 is 1.35 bits per heavy atom. The number of nitrogens with zero attached hydrogens (tertiary/aromatic N) is 2. The summed E-state index contributed by atoms with van der Waals surface area (Å²) in [7, 11) is 3.74. The first-order valence-electron chi connectivity index (χ1n) is 8.05. The molecule has 1 aliphatic carbocycles. The first-order chi connectivity index (χ1) is 9.74. The highest BCUT2D eigenvalue weighted by molar-refractivity contribution is 5.13. The topological polar surface area (TPSA) is 48.3 Å². The molecule has 0 aromatic carbocycles. The predicted molar refractivity (Wildman–Crippen MR) is 80.4 cm³/mol. The van der Waals surface area contributed by atoms with Crippen molar-refractivity contribution in [2.45, 2.75) is 44.1 Å². The Hall–Kier alpha value is -0.630. The van der Waals surface area contributed by atoms with E-state index in [1.54, 1.807) is 7.11 Å². The lowest BCUT2D eigenvalue weighted by atomic mass is 9.85. The van der Waals surface area contributed by atoms with Gasteiger partial charge in [-0.2, -0.15) is 5.26 Å². The molecule has 114 valence electrons. The quantitative estimate of drug-likeness (QED) is 0.808. The Balaban J connectivity index is 1.75. The molecular weight excluding hydrogens is 250 g/mol. The molecule has 1 aliphatic heterocycles. The monoisotopic (exact) mass is 279 g/mol. The molecular formula is C16H29N3O. The first-order valence-corrected chi connectivity index (χ1v) is 8.05. The molecule has 2 aliphatic rings. The van der Waals surface area contributed by atoms with E-state index in [0.29, 0.717) is 5.92 Å². The standard InChI is InChI=1S/C16H29N3O/c1-18-16(13-17)8-3-4-15(16)7-11-19-9-5-14(6-10-19)12-20-2/h14-15,18H,3-12H2,1-2H3. The van der Waals surface area contributed by atoms with Crippen LogP contribution in [-0.4, -0.2) is 50.8 Å². The highest BCUT2D eigenvalue weighted by Gasteiger charge is 2.41. The van der Waals surface area contributed by atoms with Gasteiger partial charge in [0.2, 0.25) is 0 Å². The van der Waals surface area contributed by atoms with Crippen LogP contribution in [0.5, 0.6) is 0 Å². The minimum Gasteiger partial charge on any atom is -0.384 e. The Bertz CT molecular complexity index is 333. The fraction of sp³-hybridized carbons (Fsp3) is 0.938. The average molecular weight is 279 g/mol. The van der Waals surface area contributed by atoms with E-state index in [4.69, 9.17) is 4.74 Å². The van der Waals surface area contributed by atoms with Gasteiger partial charge in [0.05, 0.1) is 6.07 Å². The number of ether oxygens (including phenoxy) is 1. The highest BCUT2D eigenvalue weighted by Crippen LogP contribution is 2.37. The Labute approximate surface area is 123 Å². The van der Waals surface area contributed by atoms with E-state index < -0.39 is 0 Å². The van der Waals surface area contributed by atoms with Crippen molar-refractivity contribution in [3.8, 4) is 6.07 Å². The molecule has 4 nitrogen and oxygen atoms in total. The van der Waals surface area contributed by atoms with Crippen molar-refractivity contribution in [1.29, 1.82) is 5.26 Å². The second kappa shape index (κ2) is 7.40. The summed E-state index contributed by atoms with van der Waals surface area (Å²) in [5, 5.41) is 12.8. The molecule has 0 radical (unpaired) electrons. The second-order valence-corrected chi connectivity index (χ2v) is 6.45. The highest BCUT2D eigenvalue weighted by atomic mass is 16.5. The van der Waals surface area contributed by atoms with E-state index in [1.807, 2.05) is 7.05 Å². The number of methoxy groups -OCH3 is 1. The van der Waals surface area contributed by atoms with Crippen LogP contribution < -0.4 is 5.32 Å². The minimum absolute atomic E-state index is 0.256. The van der Waals surface area contributed by atoms with Crippen molar-refractivity contribution in [2.75, 3.05) is 40.4 Å². The molecule has 1 heterocycles. The van der Waals surface area contributed by atoms with Crippen molar-refractivity contribution in [2.24, 2.45) is 11.8 Å². The van der Waals surface area contributed by atoms with Crippen LogP contribution in [0.15, 0.2) is 0 Å². The molecule has 0 bridgehead atoms. The SMILES string of the molecule is CNC1(C#N)CCCC1CCN1CCC(COC)CC1. The Kier molecular flexibility index (Phi) is 5.83. The van der Waals surface area contributed by atoms with Crippen LogP contribution in [-0.2, 0) is 4.74 Å². The van der Waals surface area contributed by atoms with Gasteiger partial charge in [-0.1, -0.05) is 6.42 Å². The van der Waals surface area contributed by atoms with Gasteiger partial charge in [0.1, 0.15) is 5.54 Å². The lowest BCUT2D eigenvalue weighted by molar-refractivity contribution is 0.0955. The van der Waals surface area contributed by atoms with Crippen LogP contribution >= 0.6 is 0 Å². The molecule has 1 saturated heterocycles. The zero-order chi connectivity index (χ0) is 14.4. The third-order valence-electron chi connectivity index (χ3n) is 5.37. The predicted octanol–water partition coefficient (Wildman–Crippen LogP) is 2.02. The van der Waals surface area contributed by atoms with E-state index in [-0.39, 0.29) is 5.54 Å². The number of rotatable bonds is 6. The summed E-state index contributed by atoms with van der Waals surface area (Å²) >= 11 is 0. The van der Waals surface area contributed by atoms with Crippen molar-refractivity contribution < 1.29 is 4.74 Å². The summed E-state index contributed by atoms with van der Waals surface area (Å²) in [6.45, 7) is 4.45. The van der Waals surface area contributed by atoms with Crippen LogP contribution in [0, 0.1) is 23.2 Å². The maximum Gasteiger partial charge on any atom is 0.109 e. The molecule has 2 atom stereocenters. The third kappa shape index (κ3) is 3.52. The van der Waals surface area contributed by atoms with Gasteiger partial charge in [-0.25, -0.2) is 0 Å². The van der Waals surface area contributed by atoms with Crippen molar-refractivity contribution in [3.05, 3.63) is 0 Å². The summed E-state index contributed by atoms with van der Waals surface area (Å²) in [4.78, 5) is 2.57. The van der Waals surface area contributed by atoms with Crippen LogP contribution in [0.2, 0.25) is 0 Å². The Morgan fingerprint density at radius 3 is 2.70 bits per heavy atom. The Morgan fingerprint density at radius 2 is 2.10 bits per heavy atom. The van der Waals surface area contributed by atoms with Gasteiger partial charge < -0.3 is 15.0 Å². The number of hydrogen-bond acceptors (Lipinski definition) is 4. The lowest BCUT2D eigenvalue weighted by Crippen LogP contribution is -2.46. The molecule has 2 rings (SSSR count). The van der Waals surface area contributed by atoms with E-state index in [0.717, 1.165) is 31.9 Å². The fourth-order valence-corrected chi connectivity index (χ4v) is 3.95. The number of hydrogen-bond donors (Lipinski definition) is 1. The van der Waals surface area contributed by atoms with Crippen LogP contribution in [0.3, 0.4) is 0 Å². The maximum absolute atomic E-state index is 9.48. The van der Waals surface area contributed by atoms with Gasteiger partial charge in [-0.05, 0) is 70.6 Å². The second-order valence-electron chi connectivity index (χ2n) is 6.45. The molecule has 0 aromatic rings.